The number of anilines is 1. The van der Waals surface area contributed by atoms with Gasteiger partial charge in [0.2, 0.25) is 5.88 Å². The molecule has 0 unspecified atom stereocenters. The first kappa shape index (κ1) is 28.1. The maximum Gasteiger partial charge on any atom is 0.218 e. The first-order valence-corrected chi connectivity index (χ1v) is 14.3. The van der Waals surface area contributed by atoms with E-state index >= 15 is 0 Å². The van der Waals surface area contributed by atoms with Crippen LogP contribution in [-0.4, -0.2) is 26.3 Å². The van der Waals surface area contributed by atoms with Gasteiger partial charge in [0, 0.05) is 44.4 Å². The zero-order valence-electron chi connectivity index (χ0n) is 24.4. The minimum absolute atomic E-state index is 0. The van der Waals surface area contributed by atoms with Crippen LogP contribution in [0.15, 0.2) is 110 Å². The van der Waals surface area contributed by atoms with Crippen molar-refractivity contribution in [3.05, 3.63) is 162 Å². The molecule has 6 aromatic rings. The van der Waals surface area contributed by atoms with E-state index in [0.717, 1.165) is 33.8 Å². The molecule has 6 nitrogen and oxygen atoms in total. The van der Waals surface area contributed by atoms with E-state index in [-0.39, 0.29) is 21.1 Å². The average Bonchev–Trinajstić information content (AvgIpc) is 3.70. The molecule has 220 valence electrons. The van der Waals surface area contributed by atoms with E-state index in [1.165, 1.54) is 22.3 Å². The standard InChI is InChI=1S/C37H28N5O.Pt/c1-25-26(2)42-34(39-25)22-28(23-36(42)43-35-17-8-9-18-38-35)37(27-11-10-12-29(21-27)41-20-19-40(3)24-41)32-15-6-4-13-30(32)31-14-5-7-16-33(31)37;/h4-20,22,24H,1-3H3;/q-3;. The molecule has 0 amide bonds. The molecular formula is C37H28N5OPt-3. The largest absolute Gasteiger partial charge is 0.510 e. The van der Waals surface area contributed by atoms with Crippen molar-refractivity contribution in [2.75, 3.05) is 11.9 Å². The van der Waals surface area contributed by atoms with Crippen LogP contribution in [-0.2, 0) is 26.5 Å². The van der Waals surface area contributed by atoms with Gasteiger partial charge in [-0.15, -0.1) is 11.3 Å². The molecule has 8 rings (SSSR count). The number of benzene rings is 3. The van der Waals surface area contributed by atoms with Gasteiger partial charge in [0.15, 0.2) is 0 Å². The van der Waals surface area contributed by atoms with Crippen molar-refractivity contribution >= 4 is 11.3 Å². The Morgan fingerprint density at radius 3 is 2.20 bits per heavy atom. The molecule has 0 N–H and O–H groups in total. The molecule has 1 aliphatic carbocycles. The second-order valence-corrected chi connectivity index (χ2v) is 11.0. The molecule has 7 heteroatoms. The molecule has 0 radical (unpaired) electrons. The molecule has 0 fully saturated rings. The van der Waals surface area contributed by atoms with E-state index in [1.807, 2.05) is 60.5 Å². The topological polar surface area (TPSA) is 45.9 Å². The van der Waals surface area contributed by atoms with Gasteiger partial charge in [-0.3, -0.25) is 9.38 Å². The number of hydrogen-bond acceptors (Lipinski definition) is 5. The van der Waals surface area contributed by atoms with Crippen molar-refractivity contribution in [2.45, 2.75) is 19.3 Å². The third-order valence-electron chi connectivity index (χ3n) is 8.51. The van der Waals surface area contributed by atoms with Gasteiger partial charge in [0.1, 0.15) is 5.88 Å². The Morgan fingerprint density at radius 2 is 1.52 bits per heavy atom. The van der Waals surface area contributed by atoms with Gasteiger partial charge in [-0.1, -0.05) is 54.6 Å². The Hall–Kier alpha value is -4.67. The van der Waals surface area contributed by atoms with Gasteiger partial charge in [-0.05, 0) is 61.6 Å². The summed E-state index contributed by atoms with van der Waals surface area (Å²) in [5, 5.41) is 0. The minimum Gasteiger partial charge on any atom is -0.510 e. The summed E-state index contributed by atoms with van der Waals surface area (Å²) in [7, 11) is 2.02. The molecule has 1 aliphatic heterocycles. The number of nitrogens with zero attached hydrogens (tertiary/aromatic N) is 5. The Bertz CT molecular complexity index is 2010. The zero-order valence-corrected chi connectivity index (χ0v) is 26.7. The van der Waals surface area contributed by atoms with E-state index in [9.17, 15) is 0 Å². The van der Waals surface area contributed by atoms with Crippen LogP contribution in [0, 0.1) is 32.6 Å². The number of hydrogen-bond donors (Lipinski definition) is 0. The smallest absolute Gasteiger partial charge is 0.218 e. The number of imidazole rings is 1. The molecule has 3 aromatic carbocycles. The Kier molecular flexibility index (Phi) is 6.90. The normalized spacial score (nSPS) is 14.4. The molecule has 2 aliphatic rings. The monoisotopic (exact) mass is 753 g/mol. The van der Waals surface area contributed by atoms with Crippen LogP contribution >= 0.6 is 0 Å². The third-order valence-corrected chi connectivity index (χ3v) is 8.51. The van der Waals surface area contributed by atoms with Crippen LogP contribution in [0.25, 0.3) is 16.8 Å². The summed E-state index contributed by atoms with van der Waals surface area (Å²) < 4.78 is 8.50. The van der Waals surface area contributed by atoms with Crippen LogP contribution in [0.5, 0.6) is 11.8 Å². The molecular weight excluding hydrogens is 726 g/mol. The van der Waals surface area contributed by atoms with Crippen molar-refractivity contribution in [3.63, 3.8) is 0 Å². The predicted molar refractivity (Wildman–Crippen MR) is 168 cm³/mol. The van der Waals surface area contributed by atoms with Crippen LogP contribution in [0.3, 0.4) is 0 Å². The molecule has 0 saturated carbocycles. The van der Waals surface area contributed by atoms with Gasteiger partial charge in [0.25, 0.3) is 0 Å². The fraction of sp³-hybridized carbons (Fsp3) is 0.108. The predicted octanol–water partition coefficient (Wildman–Crippen LogP) is 7.44. The Balaban J connectivity index is 0.00000312. The molecule has 44 heavy (non-hydrogen) atoms. The summed E-state index contributed by atoms with van der Waals surface area (Å²) in [5.74, 6) is 1.04. The summed E-state index contributed by atoms with van der Waals surface area (Å²) >= 11 is 0. The SMILES string of the molecule is Cc1nc2cc(C3(c4[c-]c(N5C=CN(C)[CH-]5)ccc4)c4ccccc4-c4ccccc43)[c-]c(Oc3ccccn3)n2c1C.[Pt]. The number of ether oxygens (including phenoxy) is 1. The second-order valence-electron chi connectivity index (χ2n) is 11.0. The molecule has 0 bridgehead atoms. The van der Waals surface area contributed by atoms with Crippen LogP contribution in [0.1, 0.15) is 33.6 Å². The fourth-order valence-electron chi connectivity index (χ4n) is 6.48. The van der Waals surface area contributed by atoms with Crippen LogP contribution in [0.2, 0.25) is 0 Å². The van der Waals surface area contributed by atoms with Gasteiger partial charge < -0.3 is 14.5 Å². The maximum absolute atomic E-state index is 6.48. The maximum atomic E-state index is 6.48. The number of rotatable bonds is 5. The fourth-order valence-corrected chi connectivity index (χ4v) is 6.48. The average molecular weight is 754 g/mol. The first-order valence-electron chi connectivity index (χ1n) is 14.3. The van der Waals surface area contributed by atoms with Crippen molar-refractivity contribution < 1.29 is 25.8 Å². The second kappa shape index (κ2) is 10.8. The van der Waals surface area contributed by atoms with Crippen molar-refractivity contribution in [2.24, 2.45) is 0 Å². The third kappa shape index (κ3) is 4.20. The Morgan fingerprint density at radius 1 is 0.795 bits per heavy atom. The van der Waals surface area contributed by atoms with Crippen molar-refractivity contribution in [1.82, 2.24) is 19.3 Å². The van der Waals surface area contributed by atoms with Gasteiger partial charge in [-0.25, -0.2) is 4.98 Å². The van der Waals surface area contributed by atoms with E-state index in [0.29, 0.717) is 11.8 Å². The first-order chi connectivity index (χ1) is 21.0. The number of fused-ring (bicyclic) bond motifs is 4. The summed E-state index contributed by atoms with van der Waals surface area (Å²) in [6.45, 7) is 6.13. The molecule has 0 atom stereocenters. The number of aromatic nitrogens is 3. The minimum atomic E-state index is -0.726. The summed E-state index contributed by atoms with van der Waals surface area (Å²) in [6, 6.07) is 39.1. The van der Waals surface area contributed by atoms with Gasteiger partial charge in [-0.2, -0.15) is 48.6 Å². The summed E-state index contributed by atoms with van der Waals surface area (Å²) in [4.78, 5) is 13.6. The van der Waals surface area contributed by atoms with Crippen LogP contribution < -0.4 is 9.64 Å². The number of pyridine rings is 2. The van der Waals surface area contributed by atoms with Crippen LogP contribution in [0.4, 0.5) is 5.69 Å². The quantitative estimate of drug-likeness (QED) is 0.171. The van der Waals surface area contributed by atoms with Crippen molar-refractivity contribution in [3.8, 4) is 22.9 Å². The van der Waals surface area contributed by atoms with Gasteiger partial charge in [0.05, 0.1) is 11.3 Å². The molecule has 0 saturated heterocycles. The van der Waals surface area contributed by atoms with E-state index < -0.39 is 5.41 Å². The van der Waals surface area contributed by atoms with Gasteiger partial charge >= 0.3 is 0 Å². The van der Waals surface area contributed by atoms with E-state index in [2.05, 4.69) is 102 Å². The zero-order chi connectivity index (χ0) is 29.1. The molecule has 4 heterocycles. The summed E-state index contributed by atoms with van der Waals surface area (Å²) in [6.07, 6.45) is 5.81. The number of aryl methyl sites for hydroxylation is 2. The van der Waals surface area contributed by atoms with E-state index in [1.54, 1.807) is 6.20 Å². The summed E-state index contributed by atoms with van der Waals surface area (Å²) in [5.41, 5.74) is 9.65. The molecule has 3 aromatic heterocycles. The van der Waals surface area contributed by atoms with Crippen molar-refractivity contribution in [1.29, 1.82) is 0 Å². The van der Waals surface area contributed by atoms with E-state index in [4.69, 9.17) is 9.72 Å². The molecule has 0 spiro atoms. The Labute approximate surface area is 271 Å².